The van der Waals surface area contributed by atoms with Crippen molar-refractivity contribution in [3.63, 3.8) is 0 Å². The van der Waals surface area contributed by atoms with Crippen molar-refractivity contribution in [2.24, 2.45) is 0 Å². The van der Waals surface area contributed by atoms with Gasteiger partial charge in [0.2, 0.25) is 0 Å². The average Bonchev–Trinajstić information content (AvgIpc) is 3.12. The van der Waals surface area contributed by atoms with Crippen molar-refractivity contribution in [1.29, 1.82) is 0 Å². The van der Waals surface area contributed by atoms with E-state index in [0.29, 0.717) is 23.0 Å². The molecular formula is C51H56O6. The third-order valence-corrected chi connectivity index (χ3v) is 11.0. The molecule has 6 heteroatoms. The number of benzene rings is 6. The maximum atomic E-state index is 10.2. The summed E-state index contributed by atoms with van der Waals surface area (Å²) in [6, 6.07) is 24.4. The molecule has 0 saturated carbocycles. The number of rotatable bonds is 10. The maximum Gasteiger partial charge on any atom is 0.133 e. The molecule has 2 N–H and O–H groups in total. The zero-order valence-corrected chi connectivity index (χ0v) is 36.0. The topological polar surface area (TPSA) is 77.4 Å². The SMILES string of the molecule is Cc1cc(Oc2c(C)cc(Oc3c(C)cc(C(C)(C)c4cc(C)c(Oc5cc(C)c(Oc6cc(C)c(O)c(C)c6)c(C)c5)c(C)c4)cc3C)cc2C)cc(C)c1O. The Morgan fingerprint density at radius 3 is 0.684 bits per heavy atom. The molecule has 57 heavy (non-hydrogen) atoms. The van der Waals surface area contributed by atoms with E-state index in [4.69, 9.17) is 18.9 Å². The van der Waals surface area contributed by atoms with Crippen molar-refractivity contribution < 1.29 is 29.2 Å². The van der Waals surface area contributed by atoms with Crippen LogP contribution in [0.15, 0.2) is 72.8 Å². The quantitative estimate of drug-likeness (QED) is 0.145. The molecule has 0 spiro atoms. The Hall–Kier alpha value is -5.88. The third-order valence-electron chi connectivity index (χ3n) is 11.0. The molecule has 0 aliphatic rings. The van der Waals surface area contributed by atoms with Crippen LogP contribution in [0.4, 0.5) is 0 Å². The fourth-order valence-corrected chi connectivity index (χ4v) is 7.79. The number of hydrogen-bond acceptors (Lipinski definition) is 6. The number of aryl methyl sites for hydroxylation is 12. The van der Waals surface area contributed by atoms with Crippen molar-refractivity contribution in [3.8, 4) is 57.5 Å². The highest BCUT2D eigenvalue weighted by Gasteiger charge is 2.27. The van der Waals surface area contributed by atoms with Gasteiger partial charge in [-0.15, -0.1) is 0 Å². The minimum absolute atomic E-state index is 0.293. The molecule has 0 saturated heterocycles. The van der Waals surface area contributed by atoms with Crippen LogP contribution in [-0.4, -0.2) is 10.2 Å². The lowest BCUT2D eigenvalue weighted by molar-refractivity contribution is 0.450. The van der Waals surface area contributed by atoms with Crippen LogP contribution >= 0.6 is 0 Å². The van der Waals surface area contributed by atoms with E-state index in [-0.39, 0.29) is 5.41 Å². The first-order valence-electron chi connectivity index (χ1n) is 19.5. The van der Waals surface area contributed by atoms with E-state index in [2.05, 4.69) is 65.8 Å². The first-order chi connectivity index (χ1) is 26.7. The molecule has 0 amide bonds. The number of ether oxygens (including phenoxy) is 4. The van der Waals surface area contributed by atoms with E-state index in [9.17, 15) is 10.2 Å². The van der Waals surface area contributed by atoms with E-state index < -0.39 is 0 Å². The molecule has 296 valence electrons. The fourth-order valence-electron chi connectivity index (χ4n) is 7.79. The molecule has 0 radical (unpaired) electrons. The zero-order valence-electron chi connectivity index (χ0n) is 36.0. The number of hydrogen-bond donors (Lipinski definition) is 2. The average molecular weight is 765 g/mol. The molecule has 0 aromatic heterocycles. The summed E-state index contributed by atoms with van der Waals surface area (Å²) in [6.07, 6.45) is 0. The highest BCUT2D eigenvalue weighted by molar-refractivity contribution is 5.57. The van der Waals surface area contributed by atoms with Crippen LogP contribution in [0.1, 0.15) is 91.7 Å². The van der Waals surface area contributed by atoms with Gasteiger partial charge >= 0.3 is 0 Å². The van der Waals surface area contributed by atoms with E-state index >= 15 is 0 Å². The minimum Gasteiger partial charge on any atom is -0.507 e. The molecule has 0 heterocycles. The van der Waals surface area contributed by atoms with Gasteiger partial charge in [-0.2, -0.15) is 0 Å². The second-order valence-electron chi connectivity index (χ2n) is 16.5. The van der Waals surface area contributed by atoms with Crippen molar-refractivity contribution in [1.82, 2.24) is 0 Å². The largest absolute Gasteiger partial charge is 0.507 e. The van der Waals surface area contributed by atoms with Gasteiger partial charge in [-0.1, -0.05) is 38.1 Å². The molecule has 0 fully saturated rings. The van der Waals surface area contributed by atoms with Gasteiger partial charge in [-0.25, -0.2) is 0 Å². The van der Waals surface area contributed by atoms with Crippen LogP contribution in [0.5, 0.6) is 57.5 Å². The standard InChI is InChI=1S/C51H56O6/c1-27-19-41(20-28(2)45(27)52)54-49-35(9)23-43(24-36(49)10)56-47-31(5)15-39(16-32(47)6)51(13,14)40-17-33(7)48(34(8)18-40)57-44-25-37(11)50(38(12)26-44)55-42-21-29(3)46(53)30(4)22-42/h15-26,52-53H,1-14H3. The second-order valence-corrected chi connectivity index (χ2v) is 16.5. The smallest absolute Gasteiger partial charge is 0.133 e. The fraction of sp³-hybridized carbons (Fsp3) is 0.294. The lowest BCUT2D eigenvalue weighted by atomic mass is 9.76. The van der Waals surface area contributed by atoms with E-state index in [1.165, 1.54) is 11.1 Å². The normalized spacial score (nSPS) is 11.5. The Kier molecular flexibility index (Phi) is 11.1. The highest BCUT2D eigenvalue weighted by Crippen LogP contribution is 2.43. The van der Waals surface area contributed by atoms with Crippen LogP contribution in [-0.2, 0) is 5.41 Å². The van der Waals surface area contributed by atoms with Gasteiger partial charge in [-0.05, 0) is 210 Å². The summed E-state index contributed by atoms with van der Waals surface area (Å²) in [5.41, 5.74) is 13.3. The molecule has 0 aliphatic carbocycles. The molecule has 0 unspecified atom stereocenters. The van der Waals surface area contributed by atoms with Crippen LogP contribution < -0.4 is 18.9 Å². The first kappa shape index (κ1) is 40.8. The third kappa shape index (κ3) is 8.32. The van der Waals surface area contributed by atoms with Crippen molar-refractivity contribution in [3.05, 3.63) is 151 Å². The van der Waals surface area contributed by atoms with Crippen LogP contribution in [0.25, 0.3) is 0 Å². The Bertz CT molecular complexity index is 2230. The lowest BCUT2D eigenvalue weighted by Gasteiger charge is -2.29. The minimum atomic E-state index is -0.295. The molecule has 0 aliphatic heterocycles. The number of phenolic OH excluding ortho intramolecular Hbond substituents is 2. The molecular weight excluding hydrogens is 709 g/mol. The second kappa shape index (κ2) is 15.6. The zero-order chi connectivity index (χ0) is 41.7. The summed E-state index contributed by atoms with van der Waals surface area (Å²) in [5.74, 6) is 6.74. The molecule has 6 nitrogen and oxygen atoms in total. The summed E-state index contributed by atoms with van der Waals surface area (Å²) >= 11 is 0. The summed E-state index contributed by atoms with van der Waals surface area (Å²) in [6.45, 7) is 28.5. The van der Waals surface area contributed by atoms with E-state index in [0.717, 1.165) is 101 Å². The Labute approximate surface area is 338 Å². The number of aromatic hydroxyl groups is 2. The van der Waals surface area contributed by atoms with Crippen molar-refractivity contribution >= 4 is 0 Å². The predicted molar refractivity (Wildman–Crippen MR) is 231 cm³/mol. The van der Waals surface area contributed by atoms with Crippen LogP contribution in [0.3, 0.4) is 0 Å². The van der Waals surface area contributed by atoms with Crippen LogP contribution in [0, 0.1) is 83.1 Å². The van der Waals surface area contributed by atoms with E-state index in [1.54, 1.807) is 0 Å². The van der Waals surface area contributed by atoms with Crippen molar-refractivity contribution in [2.45, 2.75) is 102 Å². The molecule has 6 aromatic carbocycles. The molecule has 0 bridgehead atoms. The summed E-state index contributed by atoms with van der Waals surface area (Å²) in [7, 11) is 0. The van der Waals surface area contributed by atoms with Gasteiger partial charge in [0.1, 0.15) is 57.5 Å². The molecule has 6 rings (SSSR count). The van der Waals surface area contributed by atoms with Gasteiger partial charge < -0.3 is 29.2 Å². The predicted octanol–water partition coefficient (Wildman–Crippen LogP) is 14.3. The van der Waals surface area contributed by atoms with Gasteiger partial charge in [0.05, 0.1) is 0 Å². The Morgan fingerprint density at radius 2 is 0.474 bits per heavy atom. The van der Waals surface area contributed by atoms with Crippen molar-refractivity contribution in [2.75, 3.05) is 0 Å². The molecule has 6 aromatic rings. The summed E-state index contributed by atoms with van der Waals surface area (Å²) in [5, 5.41) is 20.4. The maximum absolute atomic E-state index is 10.2. The number of phenols is 2. The highest BCUT2D eigenvalue weighted by atomic mass is 16.5. The monoisotopic (exact) mass is 764 g/mol. The van der Waals surface area contributed by atoms with Crippen LogP contribution in [0.2, 0.25) is 0 Å². The Morgan fingerprint density at radius 1 is 0.298 bits per heavy atom. The summed E-state index contributed by atoms with van der Waals surface area (Å²) in [4.78, 5) is 0. The molecule has 0 atom stereocenters. The van der Waals surface area contributed by atoms with Gasteiger partial charge in [0, 0.05) is 5.41 Å². The summed E-state index contributed by atoms with van der Waals surface area (Å²) < 4.78 is 25.8. The first-order valence-corrected chi connectivity index (χ1v) is 19.5. The van der Waals surface area contributed by atoms with Gasteiger partial charge in [0.25, 0.3) is 0 Å². The van der Waals surface area contributed by atoms with E-state index in [1.807, 2.05) is 104 Å². The Balaban J connectivity index is 1.21. The van der Waals surface area contributed by atoms with Gasteiger partial charge in [0.15, 0.2) is 0 Å². The lowest BCUT2D eigenvalue weighted by Crippen LogP contribution is -2.20. The van der Waals surface area contributed by atoms with Gasteiger partial charge in [-0.3, -0.25) is 0 Å².